The second-order valence-electron chi connectivity index (χ2n) is 2.48. The Morgan fingerprint density at radius 3 is 2.47 bits per heavy atom. The van der Waals surface area contributed by atoms with Crippen molar-refractivity contribution in [2.24, 2.45) is 5.84 Å². The van der Waals surface area contributed by atoms with E-state index in [-0.39, 0.29) is 5.91 Å². The van der Waals surface area contributed by atoms with Crippen molar-refractivity contribution in [1.82, 2.24) is 20.6 Å². The van der Waals surface area contributed by atoms with Crippen molar-refractivity contribution < 1.29 is 4.79 Å². The zero-order valence-electron chi connectivity index (χ0n) is 7.92. The maximum absolute atomic E-state index is 10.7. The van der Waals surface area contributed by atoms with Crippen LogP contribution < -0.4 is 11.3 Å². The molecule has 2 rings (SSSR count). The third-order valence-electron chi connectivity index (χ3n) is 1.48. The number of carbonyl (C=O) groups is 1. The van der Waals surface area contributed by atoms with E-state index in [1.165, 1.54) is 12.4 Å². The van der Waals surface area contributed by atoms with Crippen molar-refractivity contribution in [1.29, 1.82) is 0 Å². The molecule has 2 aromatic heterocycles. The number of hydrogen-bond donors (Lipinski definition) is 3. The first kappa shape index (κ1) is 10.9. The molecule has 4 N–H and O–H groups in total. The molecule has 2 aromatic rings. The lowest BCUT2D eigenvalue weighted by molar-refractivity contribution is 0.0953. The lowest BCUT2D eigenvalue weighted by Gasteiger charge is -1.95. The van der Waals surface area contributed by atoms with Crippen LogP contribution in [0.15, 0.2) is 43.0 Å². The van der Waals surface area contributed by atoms with Gasteiger partial charge in [-0.15, -0.1) is 0 Å². The van der Waals surface area contributed by atoms with Crippen LogP contribution >= 0.6 is 0 Å². The first-order valence-corrected chi connectivity index (χ1v) is 4.19. The van der Waals surface area contributed by atoms with Crippen molar-refractivity contribution >= 4 is 5.91 Å². The van der Waals surface area contributed by atoms with E-state index in [0.717, 1.165) is 0 Å². The lowest BCUT2D eigenvalue weighted by atomic mass is 10.3. The Kier molecular flexibility index (Phi) is 4.55. The molecular formula is C9H11N5O. The molecule has 78 valence electrons. The fourth-order valence-corrected chi connectivity index (χ4v) is 0.802. The van der Waals surface area contributed by atoms with Crippen molar-refractivity contribution in [3.8, 4) is 0 Å². The number of aromatic amines is 1. The summed E-state index contributed by atoms with van der Waals surface area (Å²) in [5.41, 5.74) is 2.53. The molecular weight excluding hydrogens is 194 g/mol. The maximum Gasteiger partial charge on any atom is 0.265 e. The normalized spacial score (nSPS) is 8.60. The van der Waals surface area contributed by atoms with Crippen LogP contribution in [-0.2, 0) is 0 Å². The molecule has 0 saturated carbocycles. The van der Waals surface area contributed by atoms with Gasteiger partial charge in [-0.25, -0.2) is 5.84 Å². The molecule has 15 heavy (non-hydrogen) atoms. The molecule has 0 aliphatic heterocycles. The minimum absolute atomic E-state index is 0.303. The van der Waals surface area contributed by atoms with Crippen LogP contribution in [0.4, 0.5) is 0 Å². The number of nitrogen functional groups attached to an aromatic ring is 1. The molecule has 0 aliphatic carbocycles. The molecule has 0 fully saturated rings. The van der Waals surface area contributed by atoms with E-state index in [2.05, 4.69) is 15.2 Å². The molecule has 2 heterocycles. The topological polar surface area (TPSA) is 96.7 Å². The first-order chi connectivity index (χ1) is 7.34. The highest BCUT2D eigenvalue weighted by Gasteiger charge is 1.98. The predicted octanol–water partition coefficient (Wildman–Crippen LogP) is 0.0948. The van der Waals surface area contributed by atoms with Crippen molar-refractivity contribution in [3.05, 3.63) is 48.5 Å². The predicted molar refractivity (Wildman–Crippen MR) is 54.5 cm³/mol. The fraction of sp³-hybridized carbons (Fsp3) is 0. The highest BCUT2D eigenvalue weighted by atomic mass is 16.2. The zero-order chi connectivity index (χ0) is 10.9. The van der Waals surface area contributed by atoms with Gasteiger partial charge in [0.15, 0.2) is 0 Å². The van der Waals surface area contributed by atoms with Crippen LogP contribution in [0.3, 0.4) is 0 Å². The quantitative estimate of drug-likeness (QED) is 0.349. The summed E-state index contributed by atoms with van der Waals surface area (Å²) in [6.45, 7) is 0. The third-order valence-corrected chi connectivity index (χ3v) is 1.48. The molecule has 1 amide bonds. The number of aromatic nitrogens is 3. The van der Waals surface area contributed by atoms with E-state index < -0.39 is 0 Å². The fourth-order valence-electron chi connectivity index (χ4n) is 0.802. The molecule has 0 radical (unpaired) electrons. The van der Waals surface area contributed by atoms with Gasteiger partial charge in [-0.05, 0) is 18.2 Å². The van der Waals surface area contributed by atoms with E-state index in [9.17, 15) is 4.79 Å². The summed E-state index contributed by atoms with van der Waals surface area (Å²) in [4.78, 5) is 14.5. The van der Waals surface area contributed by atoms with Crippen LogP contribution in [0.2, 0.25) is 0 Å². The van der Waals surface area contributed by atoms with Crippen LogP contribution in [-0.4, -0.2) is 21.1 Å². The Morgan fingerprint density at radius 2 is 2.07 bits per heavy atom. The number of carbonyl (C=O) groups excluding carboxylic acids is 1. The molecule has 0 spiro atoms. The molecule has 0 unspecified atom stereocenters. The average molecular weight is 205 g/mol. The Hall–Kier alpha value is -2.21. The third kappa shape index (κ3) is 4.01. The second kappa shape index (κ2) is 6.28. The van der Waals surface area contributed by atoms with E-state index in [4.69, 9.17) is 5.84 Å². The largest absolute Gasteiger partial charge is 0.290 e. The number of H-pyrrole nitrogens is 1. The maximum atomic E-state index is 10.7. The van der Waals surface area contributed by atoms with E-state index >= 15 is 0 Å². The number of rotatable bonds is 1. The first-order valence-electron chi connectivity index (χ1n) is 4.19. The Balaban J connectivity index is 0.000000187. The van der Waals surface area contributed by atoms with Crippen LogP contribution in [0.25, 0.3) is 0 Å². The van der Waals surface area contributed by atoms with Gasteiger partial charge in [0.1, 0.15) is 0 Å². The van der Waals surface area contributed by atoms with Crippen molar-refractivity contribution in [2.45, 2.75) is 0 Å². The van der Waals surface area contributed by atoms with Gasteiger partial charge in [0.05, 0.1) is 0 Å². The minimum Gasteiger partial charge on any atom is -0.290 e. The number of nitrogens with two attached hydrogens (primary N) is 1. The van der Waals surface area contributed by atoms with Gasteiger partial charge in [0.25, 0.3) is 5.91 Å². The van der Waals surface area contributed by atoms with Gasteiger partial charge < -0.3 is 0 Å². The SMILES string of the molecule is NNC(=O)c1ccncc1.c1cn[nH]c1. The smallest absolute Gasteiger partial charge is 0.265 e. The Labute approximate surface area is 86.5 Å². The number of amides is 1. The van der Waals surface area contributed by atoms with E-state index in [0.29, 0.717) is 5.56 Å². The number of nitrogens with zero attached hydrogens (tertiary/aromatic N) is 2. The number of hydrazine groups is 1. The van der Waals surface area contributed by atoms with Gasteiger partial charge in [-0.2, -0.15) is 5.10 Å². The highest BCUT2D eigenvalue weighted by molar-refractivity contribution is 5.93. The highest BCUT2D eigenvalue weighted by Crippen LogP contribution is 1.93. The molecule has 6 nitrogen and oxygen atoms in total. The van der Waals surface area contributed by atoms with Gasteiger partial charge in [0.2, 0.25) is 0 Å². The summed E-state index contributed by atoms with van der Waals surface area (Å²) >= 11 is 0. The standard InChI is InChI=1S/C6H7N3O.C3H4N2/c7-9-6(10)5-1-3-8-4-2-5;1-2-4-5-3-1/h1-4H,7H2,(H,9,10);1-3H,(H,4,5). The molecule has 0 bridgehead atoms. The lowest BCUT2D eigenvalue weighted by Crippen LogP contribution is -2.29. The molecule has 0 aliphatic rings. The summed E-state index contributed by atoms with van der Waals surface area (Å²) in [7, 11) is 0. The molecule has 6 heteroatoms. The van der Waals surface area contributed by atoms with Gasteiger partial charge in [0, 0.05) is 30.4 Å². The monoisotopic (exact) mass is 205 g/mol. The van der Waals surface area contributed by atoms with E-state index in [1.807, 2.05) is 11.5 Å². The molecule has 0 saturated heterocycles. The van der Waals surface area contributed by atoms with Crippen LogP contribution in [0.5, 0.6) is 0 Å². The summed E-state index contributed by atoms with van der Waals surface area (Å²) in [6.07, 6.45) is 6.52. The van der Waals surface area contributed by atoms with Crippen molar-refractivity contribution in [2.75, 3.05) is 0 Å². The Bertz CT molecular complexity index is 355. The number of nitrogens with one attached hydrogen (secondary N) is 2. The van der Waals surface area contributed by atoms with Crippen LogP contribution in [0, 0.1) is 0 Å². The summed E-state index contributed by atoms with van der Waals surface area (Å²) in [5, 5.41) is 6.21. The minimum atomic E-state index is -0.303. The van der Waals surface area contributed by atoms with E-state index in [1.54, 1.807) is 24.5 Å². The van der Waals surface area contributed by atoms with Crippen molar-refractivity contribution in [3.63, 3.8) is 0 Å². The van der Waals surface area contributed by atoms with Gasteiger partial charge >= 0.3 is 0 Å². The second-order valence-corrected chi connectivity index (χ2v) is 2.48. The van der Waals surface area contributed by atoms with Crippen LogP contribution in [0.1, 0.15) is 10.4 Å². The zero-order valence-corrected chi connectivity index (χ0v) is 7.92. The Morgan fingerprint density at radius 1 is 1.33 bits per heavy atom. The summed E-state index contributed by atoms with van der Waals surface area (Å²) in [6, 6.07) is 5.00. The molecule has 0 aromatic carbocycles. The van der Waals surface area contributed by atoms with Gasteiger partial charge in [-0.1, -0.05) is 0 Å². The summed E-state index contributed by atoms with van der Waals surface area (Å²) in [5.74, 6) is 4.58. The average Bonchev–Trinajstić information content (AvgIpc) is 2.88. The number of hydrogen-bond acceptors (Lipinski definition) is 4. The molecule has 0 atom stereocenters. The number of pyridine rings is 1. The summed E-state index contributed by atoms with van der Waals surface area (Å²) < 4.78 is 0. The van der Waals surface area contributed by atoms with Gasteiger partial charge in [-0.3, -0.25) is 20.3 Å².